The van der Waals surface area contributed by atoms with Crippen molar-refractivity contribution in [3.63, 3.8) is 0 Å². The van der Waals surface area contributed by atoms with Gasteiger partial charge in [-0.2, -0.15) is 4.99 Å². The van der Waals surface area contributed by atoms with E-state index in [9.17, 15) is 14.4 Å². The van der Waals surface area contributed by atoms with Gasteiger partial charge in [0.05, 0.1) is 18.4 Å². The van der Waals surface area contributed by atoms with Gasteiger partial charge in [0.15, 0.2) is 0 Å². The fraction of sp³-hybridized carbons (Fsp3) is 0.308. The number of hydrazine groups is 1. The zero-order chi connectivity index (χ0) is 15.1. The predicted octanol–water partition coefficient (Wildman–Crippen LogP) is 1.08. The quantitative estimate of drug-likeness (QED) is 0.489. The van der Waals surface area contributed by atoms with Crippen molar-refractivity contribution in [2.45, 2.75) is 13.8 Å². The molecule has 0 radical (unpaired) electrons. The fourth-order valence-electron chi connectivity index (χ4n) is 1.33. The van der Waals surface area contributed by atoms with Gasteiger partial charge in [-0.25, -0.2) is 4.79 Å². The summed E-state index contributed by atoms with van der Waals surface area (Å²) < 4.78 is 5.04. The summed E-state index contributed by atoms with van der Waals surface area (Å²) in [7, 11) is 1.40. The van der Waals surface area contributed by atoms with Crippen LogP contribution in [-0.2, 0) is 9.59 Å². The molecule has 0 saturated heterocycles. The molecule has 1 aromatic rings. The second-order valence-electron chi connectivity index (χ2n) is 4.19. The van der Waals surface area contributed by atoms with Gasteiger partial charge < -0.3 is 4.74 Å². The van der Waals surface area contributed by atoms with E-state index >= 15 is 0 Å². The Balaban J connectivity index is 2.92. The van der Waals surface area contributed by atoms with Crippen molar-refractivity contribution < 1.29 is 19.1 Å². The third-order valence-electron chi connectivity index (χ3n) is 2.43. The molecular weight excluding hydrogens is 262 g/mol. The van der Waals surface area contributed by atoms with Crippen LogP contribution in [0.4, 0.5) is 5.69 Å². The van der Waals surface area contributed by atoms with Crippen molar-refractivity contribution in [1.82, 2.24) is 10.9 Å². The van der Waals surface area contributed by atoms with Crippen molar-refractivity contribution in [1.29, 1.82) is 0 Å². The Kier molecular flexibility index (Phi) is 5.43. The van der Waals surface area contributed by atoms with Crippen LogP contribution in [0.3, 0.4) is 0 Å². The van der Waals surface area contributed by atoms with Gasteiger partial charge in [-0.3, -0.25) is 20.4 Å². The van der Waals surface area contributed by atoms with E-state index in [1.165, 1.54) is 31.4 Å². The number of carbonyl (C=O) groups excluding carboxylic acids is 3. The highest BCUT2D eigenvalue weighted by Crippen LogP contribution is 2.23. The number of benzene rings is 1. The Bertz CT molecular complexity index is 563. The third kappa shape index (κ3) is 3.93. The Morgan fingerprint density at radius 1 is 1.30 bits per heavy atom. The predicted molar refractivity (Wildman–Crippen MR) is 71.2 cm³/mol. The van der Waals surface area contributed by atoms with E-state index in [1.807, 2.05) is 0 Å². The minimum Gasteiger partial charge on any atom is -0.496 e. The van der Waals surface area contributed by atoms with E-state index in [-0.39, 0.29) is 23.1 Å². The Morgan fingerprint density at radius 2 is 2.00 bits per heavy atom. The van der Waals surface area contributed by atoms with Crippen LogP contribution in [0, 0.1) is 5.92 Å². The number of carbonyl (C=O) groups is 2. The van der Waals surface area contributed by atoms with Crippen LogP contribution in [0.2, 0.25) is 0 Å². The largest absolute Gasteiger partial charge is 0.496 e. The molecule has 0 bridgehead atoms. The molecule has 0 aromatic heterocycles. The number of hydrogen-bond acceptors (Lipinski definition) is 5. The van der Waals surface area contributed by atoms with Crippen LogP contribution in [-0.4, -0.2) is 25.0 Å². The summed E-state index contributed by atoms with van der Waals surface area (Å²) in [6.07, 6.45) is 1.39. The molecule has 0 atom stereocenters. The third-order valence-corrected chi connectivity index (χ3v) is 2.43. The summed E-state index contributed by atoms with van der Waals surface area (Å²) in [5.74, 6) is -0.854. The normalized spacial score (nSPS) is 9.60. The summed E-state index contributed by atoms with van der Waals surface area (Å²) in [4.78, 5) is 37.0. The highest BCUT2D eigenvalue weighted by molar-refractivity contribution is 5.98. The summed E-state index contributed by atoms with van der Waals surface area (Å²) >= 11 is 0. The lowest BCUT2D eigenvalue weighted by Gasteiger charge is -2.11. The van der Waals surface area contributed by atoms with Gasteiger partial charge >= 0.3 is 0 Å². The number of hydrogen-bond donors (Lipinski definition) is 2. The molecule has 1 aromatic carbocycles. The molecule has 1 rings (SSSR count). The molecule has 0 fully saturated rings. The first-order valence-corrected chi connectivity index (χ1v) is 5.85. The Hall–Kier alpha value is -2.66. The van der Waals surface area contributed by atoms with Gasteiger partial charge in [0, 0.05) is 5.92 Å². The molecule has 0 aliphatic carbocycles. The van der Waals surface area contributed by atoms with Gasteiger partial charge in [0.1, 0.15) is 5.75 Å². The van der Waals surface area contributed by atoms with Crippen molar-refractivity contribution in [3.05, 3.63) is 23.8 Å². The zero-order valence-corrected chi connectivity index (χ0v) is 11.4. The standard InChI is InChI=1S/C13H15N3O4/c1-8(2)12(18)15-16-13(19)10-6-9(14-7-17)4-5-11(10)20-3/h4-6,8H,1-3H3,(H,15,18)(H,16,19). The molecule has 7 nitrogen and oxygen atoms in total. The number of nitrogens with zero attached hydrogens (tertiary/aromatic N) is 1. The maximum absolute atomic E-state index is 12.0. The zero-order valence-electron chi connectivity index (χ0n) is 11.4. The van der Waals surface area contributed by atoms with Crippen LogP contribution in [0.15, 0.2) is 23.2 Å². The monoisotopic (exact) mass is 277 g/mol. The average Bonchev–Trinajstić information content (AvgIpc) is 2.44. The Morgan fingerprint density at radius 3 is 2.55 bits per heavy atom. The topological polar surface area (TPSA) is 96.9 Å². The maximum atomic E-state index is 12.0. The minimum absolute atomic E-state index is 0.146. The molecule has 20 heavy (non-hydrogen) atoms. The van der Waals surface area contributed by atoms with Gasteiger partial charge in [0.25, 0.3) is 5.91 Å². The smallest absolute Gasteiger partial charge is 0.273 e. The van der Waals surface area contributed by atoms with E-state index in [1.54, 1.807) is 13.8 Å². The first-order chi connectivity index (χ1) is 9.49. The van der Waals surface area contributed by atoms with Gasteiger partial charge in [0.2, 0.25) is 12.0 Å². The molecule has 0 aliphatic rings. The van der Waals surface area contributed by atoms with Crippen molar-refractivity contribution >= 4 is 23.6 Å². The number of isocyanates is 1. The number of aliphatic imine (C=N–C) groups is 1. The minimum atomic E-state index is -0.571. The van der Waals surface area contributed by atoms with E-state index in [0.29, 0.717) is 5.75 Å². The van der Waals surface area contributed by atoms with Gasteiger partial charge in [-0.1, -0.05) is 13.8 Å². The van der Waals surface area contributed by atoms with Crippen LogP contribution < -0.4 is 15.6 Å². The lowest BCUT2D eigenvalue weighted by Crippen LogP contribution is -2.43. The fourth-order valence-corrected chi connectivity index (χ4v) is 1.33. The SMILES string of the molecule is COc1ccc(N=C=O)cc1C(=O)NNC(=O)C(C)C. The van der Waals surface area contributed by atoms with Crippen LogP contribution in [0.1, 0.15) is 24.2 Å². The Labute approximate surface area is 116 Å². The molecule has 0 saturated carbocycles. The molecule has 0 unspecified atom stereocenters. The highest BCUT2D eigenvalue weighted by atomic mass is 16.5. The van der Waals surface area contributed by atoms with Gasteiger partial charge in [-0.15, -0.1) is 0 Å². The number of methoxy groups -OCH3 is 1. The van der Waals surface area contributed by atoms with Crippen LogP contribution in [0.5, 0.6) is 5.75 Å². The van der Waals surface area contributed by atoms with Crippen molar-refractivity contribution in [2.24, 2.45) is 10.9 Å². The molecule has 2 amide bonds. The second kappa shape index (κ2) is 7.06. The van der Waals surface area contributed by atoms with Crippen LogP contribution in [0.25, 0.3) is 0 Å². The summed E-state index contributed by atoms with van der Waals surface area (Å²) in [5.41, 5.74) is 4.96. The lowest BCUT2D eigenvalue weighted by atomic mass is 10.1. The number of nitrogens with one attached hydrogen (secondary N) is 2. The van der Waals surface area contributed by atoms with E-state index in [0.717, 1.165) is 0 Å². The molecule has 7 heteroatoms. The number of rotatable bonds is 4. The first kappa shape index (κ1) is 15.4. The molecular formula is C13H15N3O4. The highest BCUT2D eigenvalue weighted by Gasteiger charge is 2.15. The molecule has 106 valence electrons. The maximum Gasteiger partial charge on any atom is 0.273 e. The number of ether oxygens (including phenoxy) is 1. The molecule has 2 N–H and O–H groups in total. The van der Waals surface area contributed by atoms with Crippen molar-refractivity contribution in [2.75, 3.05) is 7.11 Å². The van der Waals surface area contributed by atoms with E-state index in [4.69, 9.17) is 4.74 Å². The first-order valence-electron chi connectivity index (χ1n) is 5.85. The summed E-state index contributed by atoms with van der Waals surface area (Å²) in [5, 5.41) is 0. The lowest BCUT2D eigenvalue weighted by molar-refractivity contribution is -0.124. The molecule has 0 aliphatic heterocycles. The number of amides is 2. The summed E-state index contributed by atoms with van der Waals surface area (Å²) in [6.45, 7) is 3.39. The second-order valence-corrected chi connectivity index (χ2v) is 4.19. The van der Waals surface area contributed by atoms with E-state index < -0.39 is 5.91 Å². The van der Waals surface area contributed by atoms with Crippen LogP contribution >= 0.6 is 0 Å². The van der Waals surface area contributed by atoms with Gasteiger partial charge in [-0.05, 0) is 18.2 Å². The molecule has 0 spiro atoms. The molecule has 0 heterocycles. The van der Waals surface area contributed by atoms with E-state index in [2.05, 4.69) is 15.8 Å². The van der Waals surface area contributed by atoms with Crippen molar-refractivity contribution in [3.8, 4) is 5.75 Å². The summed E-state index contributed by atoms with van der Waals surface area (Å²) in [6, 6.07) is 4.36. The average molecular weight is 277 g/mol.